The molecule has 2 aliphatic carbocycles. The average molecular weight is 453 g/mol. The molecule has 0 saturated heterocycles. The van der Waals surface area contributed by atoms with Gasteiger partial charge in [0.1, 0.15) is 6.61 Å². The van der Waals surface area contributed by atoms with Crippen LogP contribution in [0.15, 0.2) is 30.6 Å². The number of aromatic nitrogens is 3. The highest BCUT2D eigenvalue weighted by molar-refractivity contribution is 7.22. The van der Waals surface area contributed by atoms with Gasteiger partial charge in [-0.1, -0.05) is 30.2 Å². The Morgan fingerprint density at radius 2 is 1.88 bits per heavy atom. The van der Waals surface area contributed by atoms with E-state index in [-0.39, 0.29) is 17.9 Å². The molecule has 1 amide bonds. The molecule has 5 rings (SSSR count). The molecule has 2 saturated carbocycles. The highest BCUT2D eigenvalue weighted by atomic mass is 32.1. The molecular formula is C24H28N4O3S. The van der Waals surface area contributed by atoms with Crippen LogP contribution in [0.5, 0.6) is 0 Å². The summed E-state index contributed by atoms with van der Waals surface area (Å²) in [6, 6.07) is 6.06. The number of rotatable bonds is 8. The lowest BCUT2D eigenvalue weighted by molar-refractivity contribution is -0.128. The summed E-state index contributed by atoms with van der Waals surface area (Å²) >= 11 is 1.49. The first kappa shape index (κ1) is 21.4. The monoisotopic (exact) mass is 452 g/mol. The topological polar surface area (TPSA) is 86.2 Å². The van der Waals surface area contributed by atoms with E-state index in [0.717, 1.165) is 47.0 Å². The van der Waals surface area contributed by atoms with Gasteiger partial charge in [-0.25, -0.2) is 15.0 Å². The number of nitrogens with one attached hydrogen (secondary N) is 1. The van der Waals surface area contributed by atoms with Crippen LogP contribution in [0.1, 0.15) is 51.3 Å². The van der Waals surface area contributed by atoms with E-state index in [1.807, 2.05) is 31.5 Å². The fourth-order valence-corrected chi connectivity index (χ4v) is 5.25. The van der Waals surface area contributed by atoms with E-state index in [2.05, 4.69) is 26.3 Å². The fourth-order valence-electron chi connectivity index (χ4n) is 4.34. The molecule has 2 heterocycles. The number of hydrogen-bond donors (Lipinski definition) is 1. The summed E-state index contributed by atoms with van der Waals surface area (Å²) in [5.74, 6) is 0.763. The molecule has 32 heavy (non-hydrogen) atoms. The molecule has 7 nitrogen and oxygen atoms in total. The molecule has 0 unspecified atom stereocenters. The molecule has 1 aromatic carbocycles. The Labute approximate surface area is 191 Å². The molecule has 8 heteroatoms. The van der Waals surface area contributed by atoms with E-state index in [1.165, 1.54) is 24.2 Å². The van der Waals surface area contributed by atoms with Gasteiger partial charge in [0.25, 0.3) is 0 Å². The molecule has 2 aliphatic rings. The van der Waals surface area contributed by atoms with E-state index < -0.39 is 0 Å². The number of carbonyl (C=O) groups excluding carboxylic acids is 1. The maximum atomic E-state index is 12.5. The zero-order valence-corrected chi connectivity index (χ0v) is 19.1. The van der Waals surface area contributed by atoms with Crippen LogP contribution in [0, 0.1) is 5.92 Å². The summed E-state index contributed by atoms with van der Waals surface area (Å²) in [5, 5.41) is 3.61. The van der Waals surface area contributed by atoms with Crippen LogP contribution in [-0.4, -0.2) is 39.7 Å². The SMILES string of the molecule is CCOC1CC(C(=O)Nc2nc3ccc(-c4cnc(COC5CCCC5)nc4)cc3s2)C1. The molecule has 168 valence electrons. The van der Waals surface area contributed by atoms with Crippen molar-refractivity contribution in [1.82, 2.24) is 15.0 Å². The molecule has 0 bridgehead atoms. The number of nitrogens with zero attached hydrogens (tertiary/aromatic N) is 3. The number of anilines is 1. The number of amides is 1. The average Bonchev–Trinajstić information content (AvgIpc) is 3.43. The van der Waals surface area contributed by atoms with E-state index in [4.69, 9.17) is 9.47 Å². The second kappa shape index (κ2) is 9.60. The molecule has 1 N–H and O–H groups in total. The summed E-state index contributed by atoms with van der Waals surface area (Å²) in [6.45, 7) is 3.14. The first-order valence-corrected chi connectivity index (χ1v) is 12.3. The molecular weight excluding hydrogens is 424 g/mol. The zero-order valence-electron chi connectivity index (χ0n) is 18.3. The number of benzene rings is 1. The van der Waals surface area contributed by atoms with Crippen LogP contribution in [0.3, 0.4) is 0 Å². The molecule has 3 aromatic rings. The Balaban J connectivity index is 1.21. The van der Waals surface area contributed by atoms with Crippen molar-refractivity contribution in [2.24, 2.45) is 5.92 Å². The molecule has 0 spiro atoms. The highest BCUT2D eigenvalue weighted by Crippen LogP contribution is 2.34. The Morgan fingerprint density at radius 1 is 1.09 bits per heavy atom. The summed E-state index contributed by atoms with van der Waals surface area (Å²) in [7, 11) is 0. The fraction of sp³-hybridized carbons (Fsp3) is 0.500. The minimum atomic E-state index is 0.0161. The summed E-state index contributed by atoms with van der Waals surface area (Å²) in [6.07, 6.45) is 10.6. The standard InChI is InChI=1S/C24H28N4O3S/c1-2-30-19-9-16(10-19)23(29)28-24-27-20-8-7-15(11-21(20)32-24)17-12-25-22(26-13-17)14-31-18-5-3-4-6-18/h7-8,11-13,16,18-19H,2-6,9-10,14H2,1H3,(H,27,28,29). The van der Waals surface area contributed by atoms with Gasteiger partial charge in [0.15, 0.2) is 11.0 Å². The Bertz CT molecular complexity index is 1070. The van der Waals surface area contributed by atoms with Crippen molar-refractivity contribution in [2.45, 2.75) is 64.3 Å². The molecule has 0 atom stereocenters. The van der Waals surface area contributed by atoms with E-state index in [9.17, 15) is 4.79 Å². The lowest BCUT2D eigenvalue weighted by Crippen LogP contribution is -2.39. The Hall–Kier alpha value is -2.42. The number of thiazole rings is 1. The molecule has 2 fully saturated rings. The molecule has 2 aromatic heterocycles. The van der Waals surface area contributed by atoms with Gasteiger partial charge in [-0.05, 0) is 50.3 Å². The van der Waals surface area contributed by atoms with Crippen LogP contribution in [0.4, 0.5) is 5.13 Å². The number of carbonyl (C=O) groups is 1. The minimum absolute atomic E-state index is 0.0161. The van der Waals surface area contributed by atoms with Gasteiger partial charge in [0.2, 0.25) is 5.91 Å². The third kappa shape index (κ3) is 4.82. The van der Waals surface area contributed by atoms with Crippen molar-refractivity contribution in [1.29, 1.82) is 0 Å². The van der Waals surface area contributed by atoms with E-state index in [0.29, 0.717) is 30.3 Å². The van der Waals surface area contributed by atoms with Crippen LogP contribution in [0.2, 0.25) is 0 Å². The smallest absolute Gasteiger partial charge is 0.229 e. The number of hydrogen-bond acceptors (Lipinski definition) is 7. The van der Waals surface area contributed by atoms with Gasteiger partial charge in [0.05, 0.1) is 22.4 Å². The summed E-state index contributed by atoms with van der Waals surface area (Å²) in [5.41, 5.74) is 2.85. The van der Waals surface area contributed by atoms with Crippen molar-refractivity contribution in [3.63, 3.8) is 0 Å². The van der Waals surface area contributed by atoms with Crippen LogP contribution < -0.4 is 5.32 Å². The van der Waals surface area contributed by atoms with Gasteiger partial charge in [0, 0.05) is 30.5 Å². The quantitative estimate of drug-likeness (QED) is 0.519. The second-order valence-corrected chi connectivity index (χ2v) is 9.57. The maximum Gasteiger partial charge on any atom is 0.229 e. The second-order valence-electron chi connectivity index (χ2n) is 8.54. The van der Waals surface area contributed by atoms with E-state index in [1.54, 1.807) is 0 Å². The van der Waals surface area contributed by atoms with Crippen molar-refractivity contribution in [2.75, 3.05) is 11.9 Å². The molecule has 0 radical (unpaired) electrons. The first-order valence-electron chi connectivity index (χ1n) is 11.4. The summed E-state index contributed by atoms with van der Waals surface area (Å²) in [4.78, 5) is 26.0. The third-order valence-corrected chi connectivity index (χ3v) is 7.21. The van der Waals surface area contributed by atoms with Crippen LogP contribution >= 0.6 is 11.3 Å². The minimum Gasteiger partial charge on any atom is -0.378 e. The Kier molecular flexibility index (Phi) is 6.43. The van der Waals surface area contributed by atoms with Gasteiger partial charge in [-0.3, -0.25) is 4.79 Å². The normalized spacial score (nSPS) is 21.0. The highest BCUT2D eigenvalue weighted by Gasteiger charge is 2.35. The van der Waals surface area contributed by atoms with Crippen molar-refractivity contribution < 1.29 is 14.3 Å². The predicted octanol–water partition coefficient (Wildman–Crippen LogP) is 4.97. The largest absolute Gasteiger partial charge is 0.378 e. The lowest BCUT2D eigenvalue weighted by Gasteiger charge is -2.33. The Morgan fingerprint density at radius 3 is 2.62 bits per heavy atom. The van der Waals surface area contributed by atoms with Crippen molar-refractivity contribution >= 4 is 32.6 Å². The van der Waals surface area contributed by atoms with Crippen LogP contribution in [0.25, 0.3) is 21.3 Å². The van der Waals surface area contributed by atoms with Gasteiger partial charge in [-0.15, -0.1) is 0 Å². The number of fused-ring (bicyclic) bond motifs is 1. The van der Waals surface area contributed by atoms with Gasteiger partial charge >= 0.3 is 0 Å². The zero-order chi connectivity index (χ0) is 21.9. The third-order valence-electron chi connectivity index (χ3n) is 6.28. The maximum absolute atomic E-state index is 12.5. The van der Waals surface area contributed by atoms with Gasteiger partial charge in [-0.2, -0.15) is 0 Å². The lowest BCUT2D eigenvalue weighted by atomic mass is 9.81. The molecule has 0 aliphatic heterocycles. The van der Waals surface area contributed by atoms with Crippen molar-refractivity contribution in [3.05, 3.63) is 36.4 Å². The predicted molar refractivity (Wildman–Crippen MR) is 124 cm³/mol. The summed E-state index contributed by atoms with van der Waals surface area (Å²) < 4.78 is 12.5. The van der Waals surface area contributed by atoms with Crippen molar-refractivity contribution in [3.8, 4) is 11.1 Å². The van der Waals surface area contributed by atoms with Crippen LogP contribution in [-0.2, 0) is 20.9 Å². The van der Waals surface area contributed by atoms with Gasteiger partial charge < -0.3 is 14.8 Å². The first-order chi connectivity index (χ1) is 15.7. The number of ether oxygens (including phenoxy) is 2. The van der Waals surface area contributed by atoms with E-state index >= 15 is 0 Å².